The number of nitrogens with one attached hydrogen (secondary N) is 1. The third kappa shape index (κ3) is 3.95. The Balaban J connectivity index is 2.03. The summed E-state index contributed by atoms with van der Waals surface area (Å²) in [5, 5.41) is 12.6. The van der Waals surface area contributed by atoms with Crippen molar-refractivity contribution >= 4 is 5.69 Å². The van der Waals surface area contributed by atoms with Crippen molar-refractivity contribution in [2.75, 3.05) is 24.6 Å². The number of benzene rings is 1. The lowest BCUT2D eigenvalue weighted by Crippen LogP contribution is -2.39. The molecule has 106 valence electrons. The van der Waals surface area contributed by atoms with Gasteiger partial charge in [-0.05, 0) is 44.7 Å². The van der Waals surface area contributed by atoms with Gasteiger partial charge in [0.2, 0.25) is 0 Å². The van der Waals surface area contributed by atoms with Crippen LogP contribution in [-0.2, 0) is 6.54 Å². The van der Waals surface area contributed by atoms with Crippen LogP contribution in [0.4, 0.5) is 5.69 Å². The van der Waals surface area contributed by atoms with Crippen LogP contribution in [0, 0.1) is 0 Å². The van der Waals surface area contributed by atoms with Gasteiger partial charge in [0.05, 0.1) is 0 Å². The molecule has 3 heteroatoms. The molecule has 0 saturated carbocycles. The molecular weight excluding hydrogens is 236 g/mol. The molecule has 0 unspecified atom stereocenters. The zero-order valence-electron chi connectivity index (χ0n) is 12.2. The van der Waals surface area contributed by atoms with E-state index in [-0.39, 0.29) is 12.1 Å². The molecule has 0 aromatic heterocycles. The predicted molar refractivity (Wildman–Crippen MR) is 80.5 cm³/mol. The summed E-state index contributed by atoms with van der Waals surface area (Å²) in [7, 11) is 0. The van der Waals surface area contributed by atoms with Gasteiger partial charge in [-0.3, -0.25) is 0 Å². The monoisotopic (exact) mass is 262 g/mol. The molecule has 0 bridgehead atoms. The van der Waals surface area contributed by atoms with Gasteiger partial charge in [0, 0.05) is 37.5 Å². The van der Waals surface area contributed by atoms with Crippen LogP contribution in [0.25, 0.3) is 0 Å². The van der Waals surface area contributed by atoms with Gasteiger partial charge < -0.3 is 15.3 Å². The highest BCUT2D eigenvalue weighted by molar-refractivity contribution is 5.54. The van der Waals surface area contributed by atoms with Gasteiger partial charge in [0.1, 0.15) is 0 Å². The first-order valence-electron chi connectivity index (χ1n) is 7.31. The number of hydrogen-bond donors (Lipinski definition) is 2. The Labute approximate surface area is 116 Å². The molecule has 1 fully saturated rings. The molecule has 1 aromatic carbocycles. The number of nitrogens with zero attached hydrogens (tertiary/aromatic N) is 1. The van der Waals surface area contributed by atoms with E-state index in [1.807, 2.05) is 0 Å². The van der Waals surface area contributed by atoms with E-state index in [0.29, 0.717) is 0 Å². The third-order valence-corrected chi connectivity index (χ3v) is 3.93. The number of aliphatic hydroxyl groups excluding tert-OH is 1. The van der Waals surface area contributed by atoms with Gasteiger partial charge in [-0.25, -0.2) is 0 Å². The van der Waals surface area contributed by atoms with Gasteiger partial charge in [-0.15, -0.1) is 0 Å². The minimum absolute atomic E-state index is 0.0210. The summed E-state index contributed by atoms with van der Waals surface area (Å²) >= 11 is 0. The van der Waals surface area contributed by atoms with Gasteiger partial charge in [-0.1, -0.05) is 18.2 Å². The standard InChI is InChI=1S/C16H26N2O/c1-16(2,9-12-19)17-13-14-7-3-4-8-15(14)18-10-5-6-11-18/h3-4,7-8,17,19H,5-6,9-13H2,1-2H3. The zero-order valence-corrected chi connectivity index (χ0v) is 12.2. The lowest BCUT2D eigenvalue weighted by Gasteiger charge is -2.27. The van der Waals surface area contributed by atoms with Crippen LogP contribution in [0.2, 0.25) is 0 Å². The summed E-state index contributed by atoms with van der Waals surface area (Å²) in [6, 6.07) is 8.66. The summed E-state index contributed by atoms with van der Waals surface area (Å²) in [6.07, 6.45) is 3.38. The molecule has 1 aliphatic heterocycles. The second-order valence-electron chi connectivity index (χ2n) is 6.03. The number of hydrogen-bond acceptors (Lipinski definition) is 3. The topological polar surface area (TPSA) is 35.5 Å². The van der Waals surface area contributed by atoms with Gasteiger partial charge in [-0.2, -0.15) is 0 Å². The van der Waals surface area contributed by atoms with Crippen molar-refractivity contribution in [2.45, 2.75) is 45.2 Å². The molecule has 0 atom stereocenters. The fraction of sp³-hybridized carbons (Fsp3) is 0.625. The van der Waals surface area contributed by atoms with Crippen LogP contribution >= 0.6 is 0 Å². The Morgan fingerprint density at radius 3 is 2.58 bits per heavy atom. The molecule has 2 rings (SSSR count). The molecular formula is C16H26N2O. The molecule has 0 aliphatic carbocycles. The number of rotatable bonds is 6. The van der Waals surface area contributed by atoms with E-state index >= 15 is 0 Å². The maximum absolute atomic E-state index is 9.08. The minimum Gasteiger partial charge on any atom is -0.396 e. The Kier molecular flexibility index (Phi) is 4.83. The fourth-order valence-corrected chi connectivity index (χ4v) is 2.63. The van der Waals surface area contributed by atoms with E-state index in [1.165, 1.54) is 37.2 Å². The summed E-state index contributed by atoms with van der Waals surface area (Å²) < 4.78 is 0. The van der Waals surface area contributed by atoms with Crippen LogP contribution in [-0.4, -0.2) is 30.3 Å². The second kappa shape index (κ2) is 6.40. The minimum atomic E-state index is -0.0210. The van der Waals surface area contributed by atoms with E-state index < -0.39 is 0 Å². The Hall–Kier alpha value is -1.06. The number of para-hydroxylation sites is 1. The van der Waals surface area contributed by atoms with Crippen LogP contribution in [0.1, 0.15) is 38.7 Å². The van der Waals surface area contributed by atoms with Crippen molar-refractivity contribution in [3.63, 3.8) is 0 Å². The SMILES string of the molecule is CC(C)(CCO)NCc1ccccc1N1CCCC1. The quantitative estimate of drug-likeness (QED) is 0.827. The van der Waals surface area contributed by atoms with Gasteiger partial charge >= 0.3 is 0 Å². The number of aliphatic hydroxyl groups is 1. The van der Waals surface area contributed by atoms with E-state index in [9.17, 15) is 0 Å². The van der Waals surface area contributed by atoms with E-state index in [4.69, 9.17) is 5.11 Å². The normalized spacial score (nSPS) is 16.1. The van der Waals surface area contributed by atoms with E-state index in [2.05, 4.69) is 48.3 Å². The zero-order chi connectivity index (χ0) is 13.7. The molecule has 3 nitrogen and oxygen atoms in total. The predicted octanol–water partition coefficient (Wildman–Crippen LogP) is 2.54. The molecule has 0 spiro atoms. The molecule has 0 amide bonds. The van der Waals surface area contributed by atoms with Gasteiger partial charge in [0.25, 0.3) is 0 Å². The smallest absolute Gasteiger partial charge is 0.0448 e. The second-order valence-corrected chi connectivity index (χ2v) is 6.03. The van der Waals surface area contributed by atoms with Crippen molar-refractivity contribution in [3.05, 3.63) is 29.8 Å². The molecule has 2 N–H and O–H groups in total. The number of anilines is 1. The first-order chi connectivity index (χ1) is 9.12. The van der Waals surface area contributed by atoms with Crippen LogP contribution < -0.4 is 10.2 Å². The Morgan fingerprint density at radius 1 is 1.21 bits per heavy atom. The summed E-state index contributed by atoms with van der Waals surface area (Å²) in [5.74, 6) is 0. The van der Waals surface area contributed by atoms with Crippen molar-refractivity contribution < 1.29 is 5.11 Å². The van der Waals surface area contributed by atoms with Crippen molar-refractivity contribution in [3.8, 4) is 0 Å². The highest BCUT2D eigenvalue weighted by Crippen LogP contribution is 2.25. The lowest BCUT2D eigenvalue weighted by atomic mass is 10.0. The highest BCUT2D eigenvalue weighted by Gasteiger charge is 2.19. The fourth-order valence-electron chi connectivity index (χ4n) is 2.63. The lowest BCUT2D eigenvalue weighted by molar-refractivity contribution is 0.230. The molecule has 1 aromatic rings. The Morgan fingerprint density at radius 2 is 1.89 bits per heavy atom. The van der Waals surface area contributed by atoms with Crippen LogP contribution in [0.3, 0.4) is 0 Å². The average molecular weight is 262 g/mol. The van der Waals surface area contributed by atoms with Crippen LogP contribution in [0.5, 0.6) is 0 Å². The maximum atomic E-state index is 9.08. The first-order valence-corrected chi connectivity index (χ1v) is 7.31. The summed E-state index contributed by atoms with van der Waals surface area (Å²) in [4.78, 5) is 2.48. The molecule has 19 heavy (non-hydrogen) atoms. The molecule has 1 heterocycles. The van der Waals surface area contributed by atoms with Crippen LogP contribution in [0.15, 0.2) is 24.3 Å². The first kappa shape index (κ1) is 14.4. The maximum Gasteiger partial charge on any atom is 0.0448 e. The third-order valence-electron chi connectivity index (χ3n) is 3.93. The molecule has 0 radical (unpaired) electrons. The average Bonchev–Trinajstić information content (AvgIpc) is 2.90. The Bertz CT molecular complexity index is 397. The van der Waals surface area contributed by atoms with E-state index in [0.717, 1.165) is 13.0 Å². The van der Waals surface area contributed by atoms with E-state index in [1.54, 1.807) is 0 Å². The largest absolute Gasteiger partial charge is 0.396 e. The van der Waals surface area contributed by atoms with Crippen molar-refractivity contribution in [1.29, 1.82) is 0 Å². The highest BCUT2D eigenvalue weighted by atomic mass is 16.3. The molecule has 1 aliphatic rings. The van der Waals surface area contributed by atoms with Gasteiger partial charge in [0.15, 0.2) is 0 Å². The molecule has 1 saturated heterocycles. The summed E-state index contributed by atoms with van der Waals surface area (Å²) in [5.41, 5.74) is 2.70. The van der Waals surface area contributed by atoms with Crippen molar-refractivity contribution in [1.82, 2.24) is 5.32 Å². The van der Waals surface area contributed by atoms with Crippen molar-refractivity contribution in [2.24, 2.45) is 0 Å². The summed E-state index contributed by atoms with van der Waals surface area (Å²) in [6.45, 7) is 7.73.